The predicted octanol–water partition coefficient (Wildman–Crippen LogP) is -0.267. The summed E-state index contributed by atoms with van der Waals surface area (Å²) in [5, 5.41) is 0. The maximum atomic E-state index is 11.7. The van der Waals surface area contributed by atoms with E-state index < -0.39 is 14.6 Å². The summed E-state index contributed by atoms with van der Waals surface area (Å²) in [4.78, 5) is 0. The molecule has 1 aliphatic rings. The van der Waals surface area contributed by atoms with Gasteiger partial charge in [0.15, 0.2) is 9.84 Å². The third-order valence-electron chi connectivity index (χ3n) is 3.64. The van der Waals surface area contributed by atoms with Crippen LogP contribution in [0.4, 0.5) is 0 Å². The van der Waals surface area contributed by atoms with Gasteiger partial charge in [-0.3, -0.25) is 0 Å². The van der Waals surface area contributed by atoms with Crippen LogP contribution in [0, 0.1) is 11.8 Å². The zero-order valence-electron chi connectivity index (χ0n) is 8.86. The monoisotopic (exact) mass is 220 g/mol. The molecular weight excluding hydrogens is 200 g/mol. The van der Waals surface area contributed by atoms with E-state index in [9.17, 15) is 8.42 Å². The molecule has 1 fully saturated rings. The number of sulfone groups is 1. The molecule has 0 heterocycles. The average molecular weight is 220 g/mol. The number of nitrogens with two attached hydrogens (primary N) is 2. The molecule has 0 aliphatic heterocycles. The third-order valence-corrected chi connectivity index (χ3v) is 5.85. The van der Waals surface area contributed by atoms with Crippen LogP contribution >= 0.6 is 0 Å². The van der Waals surface area contributed by atoms with Crippen molar-refractivity contribution in [3.8, 4) is 0 Å². The van der Waals surface area contributed by atoms with E-state index in [1.165, 1.54) is 6.26 Å². The van der Waals surface area contributed by atoms with E-state index in [2.05, 4.69) is 0 Å². The first-order valence-electron chi connectivity index (χ1n) is 4.97. The Labute approximate surface area is 86.0 Å². The molecule has 0 bridgehead atoms. The van der Waals surface area contributed by atoms with Gasteiger partial charge in [0.25, 0.3) is 0 Å². The lowest BCUT2D eigenvalue weighted by Gasteiger charge is -2.30. The van der Waals surface area contributed by atoms with E-state index in [-0.39, 0.29) is 12.5 Å². The molecule has 0 spiro atoms. The standard InChI is InChI=1S/C9H20N2O2S/c1-7-3-8(5-10)4-9(7,6-11)14(2,12)13/h7-8H,3-6,10-11H2,1-2H3/t7-,8-,9-/m1/s1. The molecule has 0 aromatic heterocycles. The van der Waals surface area contributed by atoms with Crippen LogP contribution in [0.15, 0.2) is 0 Å². The van der Waals surface area contributed by atoms with Crippen molar-refractivity contribution in [2.24, 2.45) is 23.3 Å². The van der Waals surface area contributed by atoms with Gasteiger partial charge < -0.3 is 11.5 Å². The van der Waals surface area contributed by atoms with Crippen molar-refractivity contribution in [1.29, 1.82) is 0 Å². The normalized spacial score (nSPS) is 38.9. The van der Waals surface area contributed by atoms with Crippen LogP contribution in [0.1, 0.15) is 19.8 Å². The molecule has 14 heavy (non-hydrogen) atoms. The van der Waals surface area contributed by atoms with Crippen LogP contribution in [-0.4, -0.2) is 32.5 Å². The predicted molar refractivity (Wildman–Crippen MR) is 57.6 cm³/mol. The minimum Gasteiger partial charge on any atom is -0.330 e. The summed E-state index contributed by atoms with van der Waals surface area (Å²) < 4.78 is 22.8. The highest BCUT2D eigenvalue weighted by atomic mass is 32.2. The topological polar surface area (TPSA) is 86.2 Å². The Morgan fingerprint density at radius 2 is 2.00 bits per heavy atom. The Bertz CT molecular complexity index is 302. The molecule has 1 rings (SSSR count). The van der Waals surface area contributed by atoms with Crippen LogP contribution in [0.2, 0.25) is 0 Å². The van der Waals surface area contributed by atoms with Crippen LogP contribution in [-0.2, 0) is 9.84 Å². The first-order valence-corrected chi connectivity index (χ1v) is 6.86. The van der Waals surface area contributed by atoms with Gasteiger partial charge in [-0.25, -0.2) is 8.42 Å². The molecular formula is C9H20N2O2S. The molecule has 0 aromatic rings. The molecule has 0 saturated heterocycles. The quantitative estimate of drug-likeness (QED) is 0.685. The Kier molecular flexibility index (Phi) is 3.23. The summed E-state index contributed by atoms with van der Waals surface area (Å²) in [5.41, 5.74) is 11.2. The van der Waals surface area contributed by atoms with Crippen LogP contribution in [0.3, 0.4) is 0 Å². The first-order chi connectivity index (χ1) is 6.37. The smallest absolute Gasteiger partial charge is 0.154 e. The van der Waals surface area contributed by atoms with Crippen molar-refractivity contribution in [3.63, 3.8) is 0 Å². The van der Waals surface area contributed by atoms with E-state index in [1.54, 1.807) is 0 Å². The Hall–Kier alpha value is -0.130. The lowest BCUT2D eigenvalue weighted by Crippen LogP contribution is -2.47. The minimum atomic E-state index is -3.09. The first kappa shape index (κ1) is 11.9. The summed E-state index contributed by atoms with van der Waals surface area (Å²) in [6, 6.07) is 0. The van der Waals surface area contributed by atoms with Gasteiger partial charge in [-0.1, -0.05) is 6.92 Å². The lowest BCUT2D eigenvalue weighted by molar-refractivity contribution is 0.436. The maximum Gasteiger partial charge on any atom is 0.154 e. The van der Waals surface area contributed by atoms with Crippen LogP contribution in [0.5, 0.6) is 0 Å². The lowest BCUT2D eigenvalue weighted by atomic mass is 9.97. The highest BCUT2D eigenvalue weighted by Crippen LogP contribution is 2.43. The zero-order chi connectivity index (χ0) is 11.0. The molecule has 0 unspecified atom stereocenters. The van der Waals surface area contributed by atoms with Crippen molar-refractivity contribution in [1.82, 2.24) is 0 Å². The van der Waals surface area contributed by atoms with Gasteiger partial charge in [-0.2, -0.15) is 0 Å². The summed E-state index contributed by atoms with van der Waals surface area (Å²) in [7, 11) is -3.09. The Morgan fingerprint density at radius 3 is 2.21 bits per heavy atom. The van der Waals surface area contributed by atoms with E-state index in [0.717, 1.165) is 6.42 Å². The van der Waals surface area contributed by atoms with Gasteiger partial charge in [0.1, 0.15) is 0 Å². The molecule has 1 aliphatic carbocycles. The van der Waals surface area contributed by atoms with E-state index in [1.807, 2.05) is 6.92 Å². The summed E-state index contributed by atoms with van der Waals surface area (Å²) >= 11 is 0. The molecule has 0 amide bonds. The van der Waals surface area contributed by atoms with Gasteiger partial charge in [0.2, 0.25) is 0 Å². The van der Waals surface area contributed by atoms with Crippen molar-refractivity contribution in [2.75, 3.05) is 19.3 Å². The Balaban J connectivity index is 3.03. The molecule has 0 aromatic carbocycles. The fourth-order valence-electron chi connectivity index (χ4n) is 2.62. The highest BCUT2D eigenvalue weighted by molar-refractivity contribution is 7.92. The third kappa shape index (κ3) is 1.68. The van der Waals surface area contributed by atoms with Crippen molar-refractivity contribution in [2.45, 2.75) is 24.5 Å². The van der Waals surface area contributed by atoms with E-state index in [0.29, 0.717) is 18.9 Å². The second-order valence-corrected chi connectivity index (χ2v) is 6.84. The molecule has 5 heteroatoms. The zero-order valence-corrected chi connectivity index (χ0v) is 9.68. The van der Waals surface area contributed by atoms with Crippen molar-refractivity contribution >= 4 is 9.84 Å². The second kappa shape index (κ2) is 3.79. The number of hydrogen-bond donors (Lipinski definition) is 2. The number of hydrogen-bond acceptors (Lipinski definition) is 4. The molecule has 3 atom stereocenters. The van der Waals surface area contributed by atoms with Gasteiger partial charge in [-0.15, -0.1) is 0 Å². The van der Waals surface area contributed by atoms with Crippen LogP contribution < -0.4 is 11.5 Å². The van der Waals surface area contributed by atoms with Crippen molar-refractivity contribution < 1.29 is 8.42 Å². The van der Waals surface area contributed by atoms with Crippen molar-refractivity contribution in [3.05, 3.63) is 0 Å². The fraction of sp³-hybridized carbons (Fsp3) is 1.00. The molecule has 0 radical (unpaired) electrons. The largest absolute Gasteiger partial charge is 0.330 e. The maximum absolute atomic E-state index is 11.7. The number of rotatable bonds is 3. The minimum absolute atomic E-state index is 0.121. The molecule has 1 saturated carbocycles. The molecule has 4 N–H and O–H groups in total. The van der Waals surface area contributed by atoms with Crippen LogP contribution in [0.25, 0.3) is 0 Å². The SMILES string of the molecule is C[C@@H]1C[C@@H](CN)C[C@]1(CN)S(C)(=O)=O. The summed E-state index contributed by atoms with van der Waals surface area (Å²) in [5.74, 6) is 0.430. The summed E-state index contributed by atoms with van der Waals surface area (Å²) in [6.07, 6.45) is 2.79. The van der Waals surface area contributed by atoms with Gasteiger partial charge in [0, 0.05) is 12.8 Å². The van der Waals surface area contributed by atoms with Gasteiger partial charge >= 0.3 is 0 Å². The fourth-order valence-corrected chi connectivity index (χ4v) is 4.29. The molecule has 4 nitrogen and oxygen atoms in total. The van der Waals surface area contributed by atoms with Gasteiger partial charge in [0.05, 0.1) is 4.75 Å². The Morgan fingerprint density at radius 1 is 1.43 bits per heavy atom. The van der Waals surface area contributed by atoms with E-state index >= 15 is 0 Å². The highest BCUT2D eigenvalue weighted by Gasteiger charge is 2.50. The average Bonchev–Trinajstić information content (AvgIpc) is 2.42. The summed E-state index contributed by atoms with van der Waals surface area (Å²) in [6.45, 7) is 2.73. The second-order valence-electron chi connectivity index (χ2n) is 4.48. The van der Waals surface area contributed by atoms with E-state index in [4.69, 9.17) is 11.5 Å². The molecule has 84 valence electrons. The van der Waals surface area contributed by atoms with Gasteiger partial charge in [-0.05, 0) is 31.2 Å².